The maximum atomic E-state index is 10.9. The quantitative estimate of drug-likeness (QED) is 0.369. The second-order valence-electron chi connectivity index (χ2n) is 2.81. The van der Waals surface area contributed by atoms with Crippen LogP contribution in [0.25, 0.3) is 0 Å². The van der Waals surface area contributed by atoms with Crippen molar-refractivity contribution in [3.8, 4) is 0 Å². The van der Waals surface area contributed by atoms with E-state index in [2.05, 4.69) is 5.32 Å². The molecule has 0 saturated carbocycles. The summed E-state index contributed by atoms with van der Waals surface area (Å²) in [6.45, 7) is 2.51. The summed E-state index contributed by atoms with van der Waals surface area (Å²) in [7, 11) is 0. The van der Waals surface area contributed by atoms with Crippen molar-refractivity contribution in [3.05, 3.63) is 12.2 Å². The molecule has 0 spiro atoms. The SMILES string of the molecule is CC=CC(=O)NCCCCCC=O. The lowest BCUT2D eigenvalue weighted by Crippen LogP contribution is -2.21. The van der Waals surface area contributed by atoms with Gasteiger partial charge in [0.15, 0.2) is 0 Å². The van der Waals surface area contributed by atoms with E-state index < -0.39 is 0 Å². The summed E-state index contributed by atoms with van der Waals surface area (Å²) in [6.07, 6.45) is 7.63. The number of carbonyl (C=O) groups excluding carboxylic acids is 2. The van der Waals surface area contributed by atoms with Gasteiger partial charge >= 0.3 is 0 Å². The van der Waals surface area contributed by atoms with Gasteiger partial charge in [-0.05, 0) is 25.8 Å². The van der Waals surface area contributed by atoms with E-state index in [4.69, 9.17) is 0 Å². The zero-order valence-electron chi connectivity index (χ0n) is 8.08. The molecule has 3 nitrogen and oxygen atoms in total. The van der Waals surface area contributed by atoms with Crippen LogP contribution in [0.5, 0.6) is 0 Å². The van der Waals surface area contributed by atoms with Crippen LogP contribution in [0.1, 0.15) is 32.6 Å². The lowest BCUT2D eigenvalue weighted by molar-refractivity contribution is -0.116. The molecule has 0 aromatic heterocycles. The minimum Gasteiger partial charge on any atom is -0.353 e. The van der Waals surface area contributed by atoms with Gasteiger partial charge in [0.1, 0.15) is 6.29 Å². The standard InChI is InChI=1S/C10H17NO2/c1-2-7-10(13)11-8-5-3-4-6-9-12/h2,7,9H,3-6,8H2,1H3,(H,11,13). The number of aldehydes is 1. The lowest BCUT2D eigenvalue weighted by atomic mass is 10.2. The monoisotopic (exact) mass is 183 g/mol. The summed E-state index contributed by atoms with van der Waals surface area (Å²) in [4.78, 5) is 20.8. The third kappa shape index (κ3) is 8.79. The van der Waals surface area contributed by atoms with Crippen LogP contribution < -0.4 is 5.32 Å². The highest BCUT2D eigenvalue weighted by molar-refractivity contribution is 5.87. The molecule has 0 saturated heterocycles. The molecule has 3 heteroatoms. The van der Waals surface area contributed by atoms with Crippen molar-refractivity contribution >= 4 is 12.2 Å². The van der Waals surface area contributed by atoms with Gasteiger partial charge < -0.3 is 10.1 Å². The Morgan fingerprint density at radius 1 is 1.31 bits per heavy atom. The summed E-state index contributed by atoms with van der Waals surface area (Å²) in [6, 6.07) is 0. The first-order chi connectivity index (χ1) is 6.31. The average Bonchev–Trinajstić information content (AvgIpc) is 2.11. The first-order valence-corrected chi connectivity index (χ1v) is 4.65. The van der Waals surface area contributed by atoms with Crippen LogP contribution in [0.4, 0.5) is 0 Å². The largest absolute Gasteiger partial charge is 0.353 e. The van der Waals surface area contributed by atoms with Crippen molar-refractivity contribution in [2.75, 3.05) is 6.54 Å². The van der Waals surface area contributed by atoms with E-state index in [0.29, 0.717) is 13.0 Å². The normalized spacial score (nSPS) is 10.2. The highest BCUT2D eigenvalue weighted by atomic mass is 16.1. The Labute approximate surface area is 79.2 Å². The maximum absolute atomic E-state index is 10.9. The van der Waals surface area contributed by atoms with E-state index in [-0.39, 0.29) is 5.91 Å². The Bertz CT molecular complexity index is 176. The number of amides is 1. The zero-order chi connectivity index (χ0) is 9.94. The number of carbonyl (C=O) groups is 2. The van der Waals surface area contributed by atoms with Crippen LogP contribution in [0, 0.1) is 0 Å². The van der Waals surface area contributed by atoms with Crippen molar-refractivity contribution in [2.24, 2.45) is 0 Å². The molecule has 0 bridgehead atoms. The van der Waals surface area contributed by atoms with Crippen LogP contribution in [0.3, 0.4) is 0 Å². The van der Waals surface area contributed by atoms with Gasteiger partial charge in [-0.25, -0.2) is 0 Å². The molecule has 0 heterocycles. The number of hydrogen-bond acceptors (Lipinski definition) is 2. The van der Waals surface area contributed by atoms with Crippen LogP contribution in [-0.2, 0) is 9.59 Å². The molecule has 0 aromatic rings. The summed E-state index contributed by atoms with van der Waals surface area (Å²) < 4.78 is 0. The molecule has 1 N–H and O–H groups in total. The Hall–Kier alpha value is -1.12. The van der Waals surface area contributed by atoms with Crippen molar-refractivity contribution in [1.82, 2.24) is 5.32 Å². The molecule has 0 atom stereocenters. The molecule has 0 unspecified atom stereocenters. The molecule has 0 rings (SSSR count). The molecular formula is C10H17NO2. The molecule has 0 radical (unpaired) electrons. The van der Waals surface area contributed by atoms with E-state index >= 15 is 0 Å². The zero-order valence-corrected chi connectivity index (χ0v) is 8.08. The van der Waals surface area contributed by atoms with Gasteiger partial charge in [-0.3, -0.25) is 4.79 Å². The summed E-state index contributed by atoms with van der Waals surface area (Å²) in [5.74, 6) is -0.0436. The van der Waals surface area contributed by atoms with Gasteiger partial charge in [-0.1, -0.05) is 12.5 Å². The van der Waals surface area contributed by atoms with Crippen molar-refractivity contribution < 1.29 is 9.59 Å². The topological polar surface area (TPSA) is 46.2 Å². The van der Waals surface area contributed by atoms with Crippen LogP contribution >= 0.6 is 0 Å². The smallest absolute Gasteiger partial charge is 0.243 e. The second-order valence-corrected chi connectivity index (χ2v) is 2.81. The second kappa shape index (κ2) is 8.97. The summed E-state index contributed by atoms with van der Waals surface area (Å²) >= 11 is 0. The fourth-order valence-corrected chi connectivity index (χ4v) is 0.951. The number of rotatable bonds is 7. The average molecular weight is 183 g/mol. The molecule has 0 aliphatic heterocycles. The van der Waals surface area contributed by atoms with E-state index in [1.807, 2.05) is 6.92 Å². The van der Waals surface area contributed by atoms with Gasteiger partial charge in [0.2, 0.25) is 5.91 Å². The van der Waals surface area contributed by atoms with E-state index in [0.717, 1.165) is 25.5 Å². The minimum atomic E-state index is -0.0436. The van der Waals surface area contributed by atoms with Crippen LogP contribution in [-0.4, -0.2) is 18.7 Å². The maximum Gasteiger partial charge on any atom is 0.243 e. The molecule has 74 valence electrons. The molecule has 13 heavy (non-hydrogen) atoms. The van der Waals surface area contributed by atoms with Crippen molar-refractivity contribution in [3.63, 3.8) is 0 Å². The van der Waals surface area contributed by atoms with Crippen LogP contribution in [0.15, 0.2) is 12.2 Å². The molecule has 1 amide bonds. The van der Waals surface area contributed by atoms with E-state index in [1.165, 1.54) is 6.08 Å². The van der Waals surface area contributed by atoms with Gasteiger partial charge in [-0.2, -0.15) is 0 Å². The Balaban J connectivity index is 3.15. The Morgan fingerprint density at radius 3 is 2.69 bits per heavy atom. The molecule has 0 aliphatic carbocycles. The predicted molar refractivity (Wildman–Crippen MR) is 52.4 cm³/mol. The third-order valence-electron chi connectivity index (χ3n) is 1.62. The molecular weight excluding hydrogens is 166 g/mol. The summed E-state index contributed by atoms with van der Waals surface area (Å²) in [5.41, 5.74) is 0. The lowest BCUT2D eigenvalue weighted by Gasteiger charge is -2.00. The Kier molecular flexibility index (Phi) is 8.20. The fraction of sp³-hybridized carbons (Fsp3) is 0.600. The van der Waals surface area contributed by atoms with Gasteiger partial charge in [0.25, 0.3) is 0 Å². The highest BCUT2D eigenvalue weighted by Crippen LogP contribution is 1.95. The first kappa shape index (κ1) is 11.9. The number of allylic oxidation sites excluding steroid dienone is 1. The molecule has 0 aliphatic rings. The van der Waals surface area contributed by atoms with E-state index in [9.17, 15) is 9.59 Å². The minimum absolute atomic E-state index is 0.0436. The predicted octanol–water partition coefficient (Wildman–Crippen LogP) is 1.44. The Morgan fingerprint density at radius 2 is 2.08 bits per heavy atom. The fourth-order valence-electron chi connectivity index (χ4n) is 0.951. The van der Waals surface area contributed by atoms with Crippen molar-refractivity contribution in [1.29, 1.82) is 0 Å². The third-order valence-corrected chi connectivity index (χ3v) is 1.62. The first-order valence-electron chi connectivity index (χ1n) is 4.65. The number of nitrogens with one attached hydrogen (secondary N) is 1. The molecule has 0 fully saturated rings. The van der Waals surface area contributed by atoms with Crippen molar-refractivity contribution in [2.45, 2.75) is 32.6 Å². The van der Waals surface area contributed by atoms with Gasteiger partial charge in [0.05, 0.1) is 0 Å². The summed E-state index contributed by atoms with van der Waals surface area (Å²) in [5, 5.41) is 2.75. The highest BCUT2D eigenvalue weighted by Gasteiger charge is 1.92. The number of hydrogen-bond donors (Lipinski definition) is 1. The van der Waals surface area contributed by atoms with E-state index in [1.54, 1.807) is 6.08 Å². The molecule has 0 aromatic carbocycles. The van der Waals surface area contributed by atoms with Gasteiger partial charge in [0, 0.05) is 13.0 Å². The van der Waals surface area contributed by atoms with Crippen LogP contribution in [0.2, 0.25) is 0 Å². The number of unbranched alkanes of at least 4 members (excludes halogenated alkanes) is 3. The van der Waals surface area contributed by atoms with Gasteiger partial charge in [-0.15, -0.1) is 0 Å².